The molecule has 3 N–H and O–H groups in total. The minimum Gasteiger partial charge on any atom is -0.462 e. The van der Waals surface area contributed by atoms with Crippen molar-refractivity contribution in [3.05, 3.63) is 146 Å². The van der Waals surface area contributed by atoms with E-state index in [1.165, 1.54) is 25.7 Å². The van der Waals surface area contributed by atoms with Crippen LogP contribution in [0.1, 0.15) is 323 Å². The number of aliphatic hydroxyl groups excluding tert-OH is 1. The quantitative estimate of drug-likeness (QED) is 0.0169. The van der Waals surface area contributed by atoms with Gasteiger partial charge in [-0.2, -0.15) is 0 Å². The van der Waals surface area contributed by atoms with Crippen LogP contribution in [0.4, 0.5) is 0 Å². The smallest absolute Gasteiger partial charge is 0.462 e. The molecular formula is C87H146O17P2. The van der Waals surface area contributed by atoms with E-state index in [1.54, 1.807) is 0 Å². The van der Waals surface area contributed by atoms with E-state index in [1.807, 2.05) is 0 Å². The van der Waals surface area contributed by atoms with Crippen LogP contribution in [0.2, 0.25) is 0 Å². The molecule has 0 fully saturated rings. The molecule has 5 atom stereocenters. The first-order valence-corrected chi connectivity index (χ1v) is 44.1. The number of phosphoric ester groups is 2. The van der Waals surface area contributed by atoms with Crippen molar-refractivity contribution in [2.75, 3.05) is 39.6 Å². The topological polar surface area (TPSA) is 237 Å². The van der Waals surface area contributed by atoms with Crippen LogP contribution in [0.25, 0.3) is 0 Å². The van der Waals surface area contributed by atoms with Crippen LogP contribution in [-0.2, 0) is 65.4 Å². The maximum Gasteiger partial charge on any atom is 0.472 e. The van der Waals surface area contributed by atoms with E-state index in [0.717, 1.165) is 218 Å². The van der Waals surface area contributed by atoms with E-state index in [-0.39, 0.29) is 25.7 Å². The fraction of sp³-hybridized carbons (Fsp3) is 0.678. The second kappa shape index (κ2) is 78.1. The molecule has 0 rings (SSSR count). The highest BCUT2D eigenvalue weighted by atomic mass is 31.2. The van der Waals surface area contributed by atoms with Gasteiger partial charge in [-0.25, -0.2) is 9.13 Å². The SMILES string of the molecule is CC/C=C\C/C=C\C/C=C\C/C=C\CCCCCCCCC(=O)OCC(COP(=O)(O)OCC(O)COP(=O)(O)OCC(COC(=O)CCCCCC/C=C\C/C=C\C/C=C\C/C=C\CC)OC(=O)CCCCCCC/C=C\CCCCCC)OC(=O)CCCCCCCCC/C=C\C/C=C\C/C=C\CC. The molecule has 17 nitrogen and oxygen atoms in total. The number of aliphatic hydroxyl groups is 1. The van der Waals surface area contributed by atoms with Crippen molar-refractivity contribution in [3.8, 4) is 0 Å². The number of ether oxygens (including phenoxy) is 4. The third-order valence-corrected chi connectivity index (χ3v) is 18.7. The molecule has 0 radical (unpaired) electrons. The molecule has 0 saturated carbocycles. The van der Waals surface area contributed by atoms with E-state index >= 15 is 0 Å². The molecule has 0 bridgehead atoms. The highest BCUT2D eigenvalue weighted by Crippen LogP contribution is 2.45. The second-order valence-electron chi connectivity index (χ2n) is 26.9. The molecule has 0 saturated heterocycles. The number of carbonyl (C=O) groups excluding carboxylic acids is 4. The first kappa shape index (κ1) is 101. The summed E-state index contributed by atoms with van der Waals surface area (Å²) in [5, 5.41) is 10.7. The van der Waals surface area contributed by atoms with Crippen molar-refractivity contribution in [2.24, 2.45) is 0 Å². The van der Waals surface area contributed by atoms with Gasteiger partial charge in [-0.15, -0.1) is 0 Å². The number of rotatable bonds is 76. The first-order valence-electron chi connectivity index (χ1n) is 41.1. The Kier molecular flexibility index (Phi) is 74.3. The van der Waals surface area contributed by atoms with Crippen molar-refractivity contribution in [1.29, 1.82) is 0 Å². The molecule has 106 heavy (non-hydrogen) atoms. The van der Waals surface area contributed by atoms with Gasteiger partial charge in [0, 0.05) is 25.7 Å². The fourth-order valence-electron chi connectivity index (χ4n) is 10.6. The molecule has 0 aliphatic rings. The standard InChI is InChI=1S/C87H146O17P2/c1-5-9-13-17-21-25-29-33-36-39-40-43-45-49-52-56-60-64-68-72-85(90)98-78-83(104-87(92)74-70-66-62-58-54-50-46-42-38-35-31-27-23-19-15-11-7-3)80-102-106(95,96)100-76-81(88)75-99-105(93,94)101-79-82(103-86(91)73-69-65-61-57-53-47-32-28-24-20-16-12-8-4)77-97-84(89)71-67-63-59-55-51-48-44-41-37-34-30-26-22-18-14-10-6-2/h9-11,13-15,21-23,25-28,32-38,40,43-44,48,81-83,88H,5-8,12,16-20,24,29-31,39,41-42,45-47,49-80H2,1-4H3,(H,93,94)(H,95,96)/b13-9-,14-10-,15-11-,25-21-,26-22-,27-23-,32-28-,36-33-,37-34-,38-35-,43-40-,48-44-. The zero-order chi connectivity index (χ0) is 77.4. The molecule has 0 aromatic carbocycles. The third-order valence-electron chi connectivity index (χ3n) is 16.8. The molecule has 606 valence electrons. The van der Waals surface area contributed by atoms with E-state index < -0.39 is 97.5 Å². The van der Waals surface area contributed by atoms with Crippen LogP contribution in [0.3, 0.4) is 0 Å². The monoisotopic (exact) mass is 1530 g/mol. The highest BCUT2D eigenvalue weighted by Gasteiger charge is 2.30. The van der Waals surface area contributed by atoms with Gasteiger partial charge in [0.2, 0.25) is 0 Å². The summed E-state index contributed by atoms with van der Waals surface area (Å²) in [6.45, 7) is 4.48. The van der Waals surface area contributed by atoms with Crippen LogP contribution < -0.4 is 0 Å². The lowest BCUT2D eigenvalue weighted by molar-refractivity contribution is -0.161. The Morgan fingerprint density at radius 1 is 0.274 bits per heavy atom. The van der Waals surface area contributed by atoms with Gasteiger partial charge < -0.3 is 33.8 Å². The number of unbranched alkanes of at least 4 members (excludes halogenated alkanes) is 26. The van der Waals surface area contributed by atoms with Gasteiger partial charge in [0.1, 0.15) is 19.3 Å². The summed E-state index contributed by atoms with van der Waals surface area (Å²) >= 11 is 0. The fourth-order valence-corrected chi connectivity index (χ4v) is 12.2. The Bertz CT molecular complexity index is 2580. The second-order valence-corrected chi connectivity index (χ2v) is 29.8. The molecule has 0 heterocycles. The maximum absolute atomic E-state index is 13.1. The van der Waals surface area contributed by atoms with Crippen molar-refractivity contribution < 1.29 is 80.2 Å². The van der Waals surface area contributed by atoms with E-state index in [0.29, 0.717) is 25.7 Å². The largest absolute Gasteiger partial charge is 0.472 e. The van der Waals surface area contributed by atoms with Gasteiger partial charge >= 0.3 is 39.5 Å². The first-order chi connectivity index (χ1) is 51.7. The zero-order valence-corrected chi connectivity index (χ0v) is 68.1. The molecule has 19 heteroatoms. The summed E-state index contributed by atoms with van der Waals surface area (Å²) in [6, 6.07) is 0. The summed E-state index contributed by atoms with van der Waals surface area (Å²) in [7, 11) is -9.98. The minimum atomic E-state index is -4.99. The van der Waals surface area contributed by atoms with Gasteiger partial charge in [0.15, 0.2) is 12.2 Å². The molecule has 0 aliphatic heterocycles. The number of hydrogen-bond acceptors (Lipinski definition) is 15. The summed E-state index contributed by atoms with van der Waals surface area (Å²) < 4.78 is 68.7. The molecule has 0 aliphatic carbocycles. The van der Waals surface area contributed by atoms with Crippen molar-refractivity contribution in [2.45, 2.75) is 341 Å². The average molecular weight is 1530 g/mol. The Morgan fingerprint density at radius 3 is 0.764 bits per heavy atom. The van der Waals surface area contributed by atoms with E-state index in [9.17, 15) is 43.2 Å². The molecule has 5 unspecified atom stereocenters. The predicted octanol–water partition coefficient (Wildman–Crippen LogP) is 24.2. The molecule has 0 amide bonds. The lowest BCUT2D eigenvalue weighted by Gasteiger charge is -2.21. The van der Waals surface area contributed by atoms with E-state index in [2.05, 4.69) is 174 Å². The maximum atomic E-state index is 13.1. The number of carbonyl (C=O) groups is 4. The van der Waals surface area contributed by atoms with Crippen molar-refractivity contribution in [3.63, 3.8) is 0 Å². The van der Waals surface area contributed by atoms with Crippen LogP contribution in [0.15, 0.2) is 146 Å². The molecule has 0 aromatic rings. The van der Waals surface area contributed by atoms with Crippen LogP contribution >= 0.6 is 15.6 Å². The minimum absolute atomic E-state index is 0.0760. The van der Waals surface area contributed by atoms with Gasteiger partial charge in [0.25, 0.3) is 0 Å². The summed E-state index contributed by atoms with van der Waals surface area (Å²) in [5.74, 6) is -2.23. The number of esters is 4. The predicted molar refractivity (Wildman–Crippen MR) is 436 cm³/mol. The van der Waals surface area contributed by atoms with Gasteiger partial charge in [-0.1, -0.05) is 283 Å². The Morgan fingerprint density at radius 2 is 0.491 bits per heavy atom. The van der Waals surface area contributed by atoms with Gasteiger partial charge in [0.05, 0.1) is 26.4 Å². The van der Waals surface area contributed by atoms with Crippen LogP contribution in [0, 0.1) is 0 Å². The van der Waals surface area contributed by atoms with Gasteiger partial charge in [-0.05, 0) is 161 Å². The Hall–Kier alpha value is -5.06. The van der Waals surface area contributed by atoms with E-state index in [4.69, 9.17) is 37.0 Å². The number of allylic oxidation sites excluding steroid dienone is 24. The zero-order valence-electron chi connectivity index (χ0n) is 66.3. The average Bonchev–Trinajstić information content (AvgIpc) is 0.907. The summed E-state index contributed by atoms with van der Waals surface area (Å²) in [4.78, 5) is 73.1. The highest BCUT2D eigenvalue weighted by molar-refractivity contribution is 7.47. The van der Waals surface area contributed by atoms with Crippen molar-refractivity contribution in [1.82, 2.24) is 0 Å². The molecule has 0 spiro atoms. The van der Waals surface area contributed by atoms with Gasteiger partial charge in [-0.3, -0.25) is 37.3 Å². The lowest BCUT2D eigenvalue weighted by atomic mass is 10.1. The summed E-state index contributed by atoms with van der Waals surface area (Å²) in [5.41, 5.74) is 0. The summed E-state index contributed by atoms with van der Waals surface area (Å²) in [6.07, 6.45) is 89.5. The Balaban J connectivity index is 5.40. The normalized spacial score (nSPS) is 14.6. The third kappa shape index (κ3) is 77.1. The Labute approximate surface area is 643 Å². The van der Waals surface area contributed by atoms with Crippen molar-refractivity contribution >= 4 is 39.5 Å². The number of hydrogen-bond donors (Lipinski definition) is 3. The number of phosphoric acid groups is 2. The van der Waals surface area contributed by atoms with Crippen LogP contribution in [0.5, 0.6) is 0 Å². The van der Waals surface area contributed by atoms with Crippen LogP contribution in [-0.4, -0.2) is 96.7 Å². The lowest BCUT2D eigenvalue weighted by Crippen LogP contribution is -2.30. The molecular weight excluding hydrogens is 1380 g/mol. The molecule has 0 aromatic heterocycles.